The number of nitrogens with zero attached hydrogens (tertiary/aromatic N) is 1. The number of hydrogen-bond donors (Lipinski definition) is 2. The minimum Gasteiger partial charge on any atom is -0.423 e. The van der Waals surface area contributed by atoms with E-state index in [1.165, 1.54) is 12.3 Å². The lowest BCUT2D eigenvalue weighted by atomic mass is 9.79. The Balaban J connectivity index is 1.93. The summed E-state index contributed by atoms with van der Waals surface area (Å²) in [7, 11) is -4.73. The second kappa shape index (κ2) is 5.55. The van der Waals surface area contributed by atoms with Gasteiger partial charge in [-0.05, 0) is 22.7 Å². The van der Waals surface area contributed by atoms with Crippen molar-refractivity contribution in [2.75, 3.05) is 5.73 Å². The first-order valence-corrected chi connectivity index (χ1v) is 8.45. The molecule has 1 aliphatic rings. The van der Waals surface area contributed by atoms with E-state index in [0.717, 1.165) is 5.56 Å². The Bertz CT molecular complexity index is 844. The van der Waals surface area contributed by atoms with Gasteiger partial charge in [-0.3, -0.25) is 0 Å². The van der Waals surface area contributed by atoms with Gasteiger partial charge < -0.3 is 15.4 Å². The fourth-order valence-electron chi connectivity index (χ4n) is 2.31. The van der Waals surface area contributed by atoms with Crippen LogP contribution in [0.2, 0.25) is 5.02 Å². The smallest absolute Gasteiger partial charge is 0.423 e. The van der Waals surface area contributed by atoms with E-state index in [1.807, 2.05) is 0 Å². The molecule has 1 aliphatic heterocycles. The summed E-state index contributed by atoms with van der Waals surface area (Å²) >= 11 is 5.92. The zero-order valence-corrected chi connectivity index (χ0v) is 12.9. The highest BCUT2D eigenvalue weighted by Crippen LogP contribution is 2.24. The molecule has 3 rings (SSSR count). The molecule has 114 valence electrons. The highest BCUT2D eigenvalue weighted by Gasteiger charge is 2.28. The lowest BCUT2D eigenvalue weighted by Gasteiger charge is -2.08. The molecule has 1 aromatic carbocycles. The Morgan fingerprint density at radius 1 is 1.41 bits per heavy atom. The summed E-state index contributed by atoms with van der Waals surface area (Å²) < 4.78 is 30.0. The van der Waals surface area contributed by atoms with Crippen molar-refractivity contribution in [3.63, 3.8) is 0 Å². The van der Waals surface area contributed by atoms with Gasteiger partial charge in [-0.1, -0.05) is 29.8 Å². The van der Waals surface area contributed by atoms with E-state index in [2.05, 4.69) is 4.98 Å². The van der Waals surface area contributed by atoms with Crippen molar-refractivity contribution >= 4 is 39.7 Å². The van der Waals surface area contributed by atoms with Crippen molar-refractivity contribution in [1.82, 2.24) is 4.98 Å². The highest BCUT2D eigenvalue weighted by atomic mass is 35.5. The molecular weight excluding hydrogens is 326 g/mol. The van der Waals surface area contributed by atoms with Gasteiger partial charge in [0.05, 0.1) is 29.3 Å². The van der Waals surface area contributed by atoms with Gasteiger partial charge in [-0.2, -0.15) is 0 Å². The number of aromatic nitrogens is 1. The molecule has 1 aromatic heterocycles. The third kappa shape index (κ3) is 2.82. The van der Waals surface area contributed by atoms with Crippen LogP contribution in [-0.2, 0) is 26.9 Å². The molecule has 0 atom stereocenters. The van der Waals surface area contributed by atoms with Crippen molar-refractivity contribution in [2.24, 2.45) is 0 Å². The Kier molecular flexibility index (Phi) is 3.86. The fraction of sp³-hybridized carbons (Fsp3) is 0.154. The van der Waals surface area contributed by atoms with Crippen LogP contribution in [0.25, 0.3) is 0 Å². The fourth-order valence-corrected chi connectivity index (χ4v) is 4.16. The number of hydrogen-bond acceptors (Lipinski definition) is 6. The molecule has 9 heteroatoms. The molecular formula is C13H12BClN2O4S. The van der Waals surface area contributed by atoms with Crippen molar-refractivity contribution in [3.8, 4) is 0 Å². The van der Waals surface area contributed by atoms with Crippen molar-refractivity contribution in [1.29, 1.82) is 0 Å². The molecule has 22 heavy (non-hydrogen) atoms. The topological polar surface area (TPSA) is 103 Å². The van der Waals surface area contributed by atoms with Crippen LogP contribution in [0.1, 0.15) is 11.1 Å². The molecule has 0 bridgehead atoms. The minimum absolute atomic E-state index is 0.00970. The standard InChI is InChI=1S/C13H12BClN2O4S/c15-12-4-10(16)5-17-13(12)22(19,20)7-8-1-2-9-6-21-14(18)11(9)3-8/h1-5,18H,6-7,16H2. The van der Waals surface area contributed by atoms with Crippen LogP contribution in [0.5, 0.6) is 0 Å². The van der Waals surface area contributed by atoms with Gasteiger partial charge >= 0.3 is 7.12 Å². The second-order valence-corrected chi connectivity index (χ2v) is 7.32. The highest BCUT2D eigenvalue weighted by molar-refractivity contribution is 7.90. The number of pyridine rings is 1. The van der Waals surface area contributed by atoms with E-state index >= 15 is 0 Å². The maximum Gasteiger partial charge on any atom is 0.491 e. The van der Waals surface area contributed by atoms with Gasteiger partial charge in [0.1, 0.15) is 0 Å². The molecule has 0 unspecified atom stereocenters. The second-order valence-electron chi connectivity index (χ2n) is 5.01. The van der Waals surface area contributed by atoms with Gasteiger partial charge in [0, 0.05) is 0 Å². The van der Waals surface area contributed by atoms with E-state index in [-0.39, 0.29) is 15.8 Å². The molecule has 3 N–H and O–H groups in total. The Morgan fingerprint density at radius 3 is 2.91 bits per heavy atom. The number of nitrogens with two attached hydrogens (primary N) is 1. The predicted molar refractivity (Wildman–Crippen MR) is 83.4 cm³/mol. The zero-order valence-electron chi connectivity index (χ0n) is 11.4. The Morgan fingerprint density at radius 2 is 2.18 bits per heavy atom. The van der Waals surface area contributed by atoms with E-state index in [1.54, 1.807) is 18.2 Å². The number of sulfone groups is 1. The van der Waals surface area contributed by atoms with Crippen LogP contribution in [0.15, 0.2) is 35.5 Å². The van der Waals surface area contributed by atoms with Gasteiger partial charge in [-0.25, -0.2) is 13.4 Å². The molecule has 0 fully saturated rings. The van der Waals surface area contributed by atoms with Crippen LogP contribution in [0.4, 0.5) is 5.69 Å². The SMILES string of the molecule is Nc1cnc(S(=O)(=O)Cc2ccc3c(c2)B(O)OC3)c(Cl)c1. The summed E-state index contributed by atoms with van der Waals surface area (Å²) in [5, 5.41) is 9.46. The molecule has 0 saturated heterocycles. The minimum atomic E-state index is -3.72. The van der Waals surface area contributed by atoms with Crippen LogP contribution in [0.3, 0.4) is 0 Å². The number of fused-ring (bicyclic) bond motifs is 1. The Hall–Kier alpha value is -1.61. The predicted octanol–water partition coefficient (Wildman–Crippen LogP) is 0.509. The number of rotatable bonds is 3. The lowest BCUT2D eigenvalue weighted by Crippen LogP contribution is -2.28. The van der Waals surface area contributed by atoms with E-state index in [4.69, 9.17) is 22.0 Å². The van der Waals surface area contributed by atoms with Gasteiger partial charge in [0.2, 0.25) is 9.84 Å². The van der Waals surface area contributed by atoms with Gasteiger partial charge in [-0.15, -0.1) is 0 Å². The van der Waals surface area contributed by atoms with Crippen LogP contribution >= 0.6 is 11.6 Å². The number of nitrogen functional groups attached to an aromatic ring is 1. The molecule has 0 spiro atoms. The number of anilines is 1. The molecule has 0 amide bonds. The van der Waals surface area contributed by atoms with Crippen molar-refractivity contribution in [2.45, 2.75) is 17.4 Å². The molecule has 0 saturated carbocycles. The summed E-state index contributed by atoms with van der Waals surface area (Å²) in [4.78, 5) is 3.81. The molecule has 2 aromatic rings. The van der Waals surface area contributed by atoms with E-state index in [9.17, 15) is 13.4 Å². The van der Waals surface area contributed by atoms with E-state index < -0.39 is 17.0 Å². The zero-order chi connectivity index (χ0) is 15.9. The summed E-state index contributed by atoms with van der Waals surface area (Å²) in [6, 6.07) is 6.40. The summed E-state index contributed by atoms with van der Waals surface area (Å²) in [6.45, 7) is 0.314. The first-order valence-electron chi connectivity index (χ1n) is 6.42. The van der Waals surface area contributed by atoms with Crippen molar-refractivity contribution < 1.29 is 18.1 Å². The lowest BCUT2D eigenvalue weighted by molar-refractivity contribution is 0.275. The summed E-state index contributed by atoms with van der Waals surface area (Å²) in [5.41, 5.74) is 7.77. The average molecular weight is 339 g/mol. The molecule has 6 nitrogen and oxygen atoms in total. The molecule has 2 heterocycles. The van der Waals surface area contributed by atoms with E-state index in [0.29, 0.717) is 23.3 Å². The van der Waals surface area contributed by atoms with Gasteiger partial charge in [0.15, 0.2) is 5.03 Å². The normalized spacial score (nSPS) is 14.2. The maximum absolute atomic E-state index is 12.4. The quantitative estimate of drug-likeness (QED) is 0.791. The molecule has 0 radical (unpaired) electrons. The molecule has 0 aliphatic carbocycles. The average Bonchev–Trinajstić information content (AvgIpc) is 2.79. The number of benzene rings is 1. The first kappa shape index (κ1) is 15.3. The first-order chi connectivity index (χ1) is 10.4. The third-order valence-corrected chi connectivity index (χ3v) is 5.38. The summed E-state index contributed by atoms with van der Waals surface area (Å²) in [5.74, 6) is -0.274. The van der Waals surface area contributed by atoms with Crippen LogP contribution in [-0.4, -0.2) is 25.5 Å². The third-order valence-electron chi connectivity index (χ3n) is 3.35. The summed E-state index contributed by atoms with van der Waals surface area (Å²) in [6.07, 6.45) is 1.25. The number of halogens is 1. The monoisotopic (exact) mass is 338 g/mol. The largest absolute Gasteiger partial charge is 0.491 e. The van der Waals surface area contributed by atoms with Crippen LogP contribution < -0.4 is 11.2 Å². The van der Waals surface area contributed by atoms with Gasteiger partial charge in [0.25, 0.3) is 0 Å². The maximum atomic E-state index is 12.4. The van der Waals surface area contributed by atoms with Crippen LogP contribution in [0, 0.1) is 0 Å². The Labute approximate surface area is 133 Å². The van der Waals surface area contributed by atoms with Crippen molar-refractivity contribution in [3.05, 3.63) is 46.6 Å².